The van der Waals surface area contributed by atoms with E-state index in [0.717, 1.165) is 55.1 Å². The van der Waals surface area contributed by atoms with Crippen molar-refractivity contribution in [1.29, 1.82) is 0 Å². The first-order valence-electron chi connectivity index (χ1n) is 14.1. The van der Waals surface area contributed by atoms with Crippen LogP contribution in [-0.2, 0) is 17.5 Å². The van der Waals surface area contributed by atoms with Gasteiger partial charge in [0.25, 0.3) is 0 Å². The van der Waals surface area contributed by atoms with Crippen molar-refractivity contribution < 1.29 is 49.0 Å². The fraction of sp³-hybridized carbons (Fsp3) is 0.452. The number of benzene rings is 2. The van der Waals surface area contributed by atoms with Gasteiger partial charge in [0.2, 0.25) is 0 Å². The first kappa shape index (κ1) is 31.8. The summed E-state index contributed by atoms with van der Waals surface area (Å²) in [6.07, 6.45) is -14.3. The van der Waals surface area contributed by atoms with Gasteiger partial charge >= 0.3 is 24.6 Å². The number of alkyl halides is 9. The van der Waals surface area contributed by atoms with Gasteiger partial charge in [0.1, 0.15) is 6.10 Å². The van der Waals surface area contributed by atoms with E-state index in [0.29, 0.717) is 17.2 Å². The maximum atomic E-state index is 13.7. The Kier molecular flexibility index (Phi) is 8.45. The summed E-state index contributed by atoms with van der Waals surface area (Å²) in [4.78, 5) is 16.2. The van der Waals surface area contributed by atoms with Crippen LogP contribution in [0, 0.1) is 5.92 Å². The highest BCUT2D eigenvalue weighted by atomic mass is 19.4. The van der Waals surface area contributed by atoms with Gasteiger partial charge in [-0.15, -0.1) is 0 Å². The minimum Gasteiger partial charge on any atom is -0.443 e. The molecule has 1 amide bonds. The molecule has 2 aromatic rings. The molecule has 2 saturated heterocycles. The number of anilines is 1. The van der Waals surface area contributed by atoms with Crippen LogP contribution in [-0.4, -0.2) is 48.6 Å². The Morgan fingerprint density at radius 1 is 0.864 bits per heavy atom. The van der Waals surface area contributed by atoms with E-state index in [9.17, 15) is 44.3 Å². The number of carbonyl (C=O) groups is 1. The van der Waals surface area contributed by atoms with Gasteiger partial charge in [-0.1, -0.05) is 24.3 Å². The molecule has 0 bridgehead atoms. The van der Waals surface area contributed by atoms with Crippen LogP contribution in [0.5, 0.6) is 0 Å². The van der Waals surface area contributed by atoms with Crippen molar-refractivity contribution in [2.45, 2.75) is 69.8 Å². The van der Waals surface area contributed by atoms with Crippen LogP contribution < -0.4 is 4.90 Å². The summed E-state index contributed by atoms with van der Waals surface area (Å²) < 4.78 is 128. The zero-order chi connectivity index (χ0) is 32.0. The number of hydrogen-bond donors (Lipinski definition) is 0. The van der Waals surface area contributed by atoms with Crippen molar-refractivity contribution >= 4 is 11.8 Å². The van der Waals surface area contributed by atoms with E-state index in [2.05, 4.69) is 4.90 Å². The van der Waals surface area contributed by atoms with Crippen molar-refractivity contribution in [3.05, 3.63) is 76.9 Å². The van der Waals surface area contributed by atoms with E-state index in [4.69, 9.17) is 4.74 Å². The molecule has 3 atom stereocenters. The van der Waals surface area contributed by atoms with Gasteiger partial charge in [-0.05, 0) is 79.6 Å². The molecular weight excluding hydrogens is 603 g/mol. The number of cyclic esters (lactones) is 1. The molecule has 44 heavy (non-hydrogen) atoms. The standard InChI is InChI=1S/C31H29F9N2O2/c1-18-27(20-12-23(30(35,36)37)16-24(13-20)31(38,39)40)44-28(43)42(18)17-21-14-22(29(32,33)34)8-9-26(21)19-6-5-7-25(15-19)41-10-3-2-4-11-41/h5-9,12,14-16,18,20,27H,2-4,10-11,13,17H2,1H3/t18-,20?,27-/m0/s1. The van der Waals surface area contributed by atoms with Gasteiger partial charge in [0.05, 0.1) is 23.7 Å². The zero-order valence-corrected chi connectivity index (χ0v) is 23.5. The molecule has 2 aliphatic heterocycles. The number of piperidine rings is 1. The van der Waals surface area contributed by atoms with Gasteiger partial charge in [-0.25, -0.2) is 4.79 Å². The molecule has 1 aliphatic carbocycles. The van der Waals surface area contributed by atoms with Crippen LogP contribution in [0.3, 0.4) is 0 Å². The first-order valence-corrected chi connectivity index (χ1v) is 14.1. The number of ether oxygens (including phenoxy) is 1. The number of carbonyl (C=O) groups excluding carboxylic acids is 1. The monoisotopic (exact) mass is 632 g/mol. The lowest BCUT2D eigenvalue weighted by atomic mass is 9.83. The Balaban J connectivity index is 1.47. The highest BCUT2D eigenvalue weighted by molar-refractivity contribution is 5.74. The van der Waals surface area contributed by atoms with E-state index in [1.54, 1.807) is 12.1 Å². The number of hydrogen-bond acceptors (Lipinski definition) is 3. The van der Waals surface area contributed by atoms with Crippen LogP contribution in [0.4, 0.5) is 50.0 Å². The molecule has 2 aromatic carbocycles. The Bertz CT molecular complexity index is 1450. The summed E-state index contributed by atoms with van der Waals surface area (Å²) in [6, 6.07) is 9.35. The molecule has 0 spiro atoms. The summed E-state index contributed by atoms with van der Waals surface area (Å²) in [5.41, 5.74) is -1.89. The fourth-order valence-corrected chi connectivity index (χ4v) is 6.09. The van der Waals surface area contributed by atoms with E-state index >= 15 is 0 Å². The van der Waals surface area contributed by atoms with Crippen LogP contribution in [0.25, 0.3) is 11.1 Å². The normalized spacial score (nSPS) is 23.4. The Hall–Kier alpha value is -3.64. The lowest BCUT2D eigenvalue weighted by Gasteiger charge is -2.30. The second kappa shape index (κ2) is 11.7. The van der Waals surface area contributed by atoms with Gasteiger partial charge < -0.3 is 9.64 Å². The number of amides is 1. The topological polar surface area (TPSA) is 32.8 Å². The van der Waals surface area contributed by atoms with Crippen LogP contribution in [0.2, 0.25) is 0 Å². The number of halogens is 9. The number of allylic oxidation sites excluding steroid dienone is 3. The SMILES string of the molecule is C[C@H]1[C@@H](C2C=C(C(F)(F)F)C=C(C(F)(F)F)C2)OC(=O)N1Cc1cc(C(F)(F)F)ccc1-c1cccc(N2CCCCC2)c1. The Morgan fingerprint density at radius 2 is 1.57 bits per heavy atom. The number of nitrogens with zero attached hydrogens (tertiary/aromatic N) is 2. The van der Waals surface area contributed by atoms with Crippen molar-refractivity contribution in [2.75, 3.05) is 18.0 Å². The lowest BCUT2D eigenvalue weighted by molar-refractivity contribution is -0.137. The predicted octanol–water partition coefficient (Wildman–Crippen LogP) is 9.07. The van der Waals surface area contributed by atoms with Gasteiger partial charge in [0.15, 0.2) is 0 Å². The highest BCUT2D eigenvalue weighted by Crippen LogP contribution is 2.44. The highest BCUT2D eigenvalue weighted by Gasteiger charge is 2.48. The minimum absolute atomic E-state index is 0.0443. The van der Waals surface area contributed by atoms with Crippen LogP contribution >= 0.6 is 0 Å². The summed E-state index contributed by atoms with van der Waals surface area (Å²) in [5, 5.41) is 0. The second-order valence-electron chi connectivity index (χ2n) is 11.3. The molecule has 238 valence electrons. The lowest BCUT2D eigenvalue weighted by Crippen LogP contribution is -2.38. The molecule has 4 nitrogen and oxygen atoms in total. The maximum absolute atomic E-state index is 13.7. The summed E-state index contributed by atoms with van der Waals surface area (Å²) in [6.45, 7) is 2.65. The predicted molar refractivity (Wildman–Crippen MR) is 145 cm³/mol. The molecule has 0 saturated carbocycles. The molecule has 2 heterocycles. The van der Waals surface area contributed by atoms with Crippen molar-refractivity contribution in [2.24, 2.45) is 5.92 Å². The summed E-state index contributed by atoms with van der Waals surface area (Å²) in [7, 11) is 0. The maximum Gasteiger partial charge on any atom is 0.416 e. The summed E-state index contributed by atoms with van der Waals surface area (Å²) in [5.74, 6) is -1.46. The fourth-order valence-electron chi connectivity index (χ4n) is 6.09. The molecule has 0 N–H and O–H groups in total. The smallest absolute Gasteiger partial charge is 0.416 e. The van der Waals surface area contributed by atoms with Gasteiger partial charge in [-0.3, -0.25) is 4.90 Å². The summed E-state index contributed by atoms with van der Waals surface area (Å²) >= 11 is 0. The molecule has 5 rings (SSSR count). The molecule has 0 radical (unpaired) electrons. The van der Waals surface area contributed by atoms with Crippen LogP contribution in [0.15, 0.2) is 65.8 Å². The molecular formula is C31H29F9N2O2. The first-order chi connectivity index (χ1) is 20.5. The van der Waals surface area contributed by atoms with E-state index in [1.165, 1.54) is 13.0 Å². The van der Waals surface area contributed by atoms with Crippen LogP contribution in [0.1, 0.15) is 43.7 Å². The van der Waals surface area contributed by atoms with Crippen molar-refractivity contribution in [3.8, 4) is 11.1 Å². The third-order valence-electron chi connectivity index (χ3n) is 8.38. The third kappa shape index (κ3) is 6.71. The minimum atomic E-state index is -5.07. The molecule has 1 unspecified atom stereocenters. The zero-order valence-electron chi connectivity index (χ0n) is 23.5. The second-order valence-corrected chi connectivity index (χ2v) is 11.3. The molecule has 13 heteroatoms. The van der Waals surface area contributed by atoms with Gasteiger partial charge in [-0.2, -0.15) is 39.5 Å². The molecule has 2 fully saturated rings. The van der Waals surface area contributed by atoms with E-state index in [-0.39, 0.29) is 11.6 Å². The average molecular weight is 633 g/mol. The quantitative estimate of drug-likeness (QED) is 0.309. The Morgan fingerprint density at radius 3 is 2.20 bits per heavy atom. The molecule has 0 aromatic heterocycles. The molecule has 3 aliphatic rings. The number of rotatable bonds is 5. The Labute approximate surface area is 247 Å². The average Bonchev–Trinajstić information content (AvgIpc) is 3.24. The van der Waals surface area contributed by atoms with Gasteiger partial charge in [0, 0.05) is 30.3 Å². The largest absolute Gasteiger partial charge is 0.443 e. The van der Waals surface area contributed by atoms with Crippen molar-refractivity contribution in [3.63, 3.8) is 0 Å². The third-order valence-corrected chi connectivity index (χ3v) is 8.38. The van der Waals surface area contributed by atoms with Crippen molar-refractivity contribution in [1.82, 2.24) is 4.90 Å². The van der Waals surface area contributed by atoms with E-state index < -0.39 is 72.4 Å². The van der Waals surface area contributed by atoms with E-state index in [1.807, 2.05) is 12.1 Å².